The van der Waals surface area contributed by atoms with E-state index in [0.717, 1.165) is 4.90 Å². The fraction of sp³-hybridized carbons (Fsp3) is 0.200. The highest BCUT2D eigenvalue weighted by molar-refractivity contribution is 7.15. The third kappa shape index (κ3) is 2.05. The van der Waals surface area contributed by atoms with Gasteiger partial charge in [-0.05, 0) is 19.1 Å². The van der Waals surface area contributed by atoms with E-state index in [9.17, 15) is 14.4 Å². The van der Waals surface area contributed by atoms with E-state index < -0.39 is 17.5 Å². The first-order valence-electron chi connectivity index (χ1n) is 7.13. The Kier molecular flexibility index (Phi) is 3.07. The van der Waals surface area contributed by atoms with Gasteiger partial charge in [-0.3, -0.25) is 18.9 Å². The number of nitrogens with zero attached hydrogens (tertiary/aromatic N) is 3. The Morgan fingerprint density at radius 3 is 2.96 bits per heavy atom. The summed E-state index contributed by atoms with van der Waals surface area (Å²) in [4.78, 5) is 42.8. The van der Waals surface area contributed by atoms with Crippen LogP contribution in [-0.2, 0) is 16.9 Å². The van der Waals surface area contributed by atoms with Crippen molar-refractivity contribution in [2.45, 2.75) is 19.0 Å². The summed E-state index contributed by atoms with van der Waals surface area (Å²) in [6.07, 6.45) is 3.07. The first kappa shape index (κ1) is 14.6. The van der Waals surface area contributed by atoms with Gasteiger partial charge in [0.2, 0.25) is 0 Å². The zero-order valence-corrected chi connectivity index (χ0v) is 13.4. The minimum absolute atomic E-state index is 0.0788. The van der Waals surface area contributed by atoms with Gasteiger partial charge in [0.15, 0.2) is 10.5 Å². The van der Waals surface area contributed by atoms with Crippen LogP contribution in [-0.4, -0.2) is 26.2 Å². The Bertz CT molecular complexity index is 1010. The third-order valence-electron chi connectivity index (χ3n) is 3.97. The summed E-state index contributed by atoms with van der Waals surface area (Å²) in [5.74, 6) is -0.0966. The summed E-state index contributed by atoms with van der Waals surface area (Å²) in [6.45, 7) is 1.50. The lowest BCUT2D eigenvalue weighted by Gasteiger charge is -2.18. The highest BCUT2D eigenvalue weighted by Crippen LogP contribution is 2.29. The van der Waals surface area contributed by atoms with E-state index in [0.29, 0.717) is 16.4 Å². The number of rotatable bonds is 3. The number of aromatic nitrogens is 2. The van der Waals surface area contributed by atoms with E-state index in [1.165, 1.54) is 28.1 Å². The molecule has 4 heterocycles. The molecule has 1 N–H and O–H groups in total. The molecule has 1 saturated heterocycles. The van der Waals surface area contributed by atoms with Crippen LogP contribution >= 0.6 is 11.3 Å². The van der Waals surface area contributed by atoms with Crippen LogP contribution in [0.1, 0.15) is 18.4 Å². The molecule has 4 rings (SSSR count). The Morgan fingerprint density at radius 1 is 1.38 bits per heavy atom. The van der Waals surface area contributed by atoms with Gasteiger partial charge in [-0.15, -0.1) is 11.3 Å². The van der Waals surface area contributed by atoms with Gasteiger partial charge >= 0.3 is 6.03 Å². The van der Waals surface area contributed by atoms with Gasteiger partial charge in [0.25, 0.3) is 11.5 Å². The van der Waals surface area contributed by atoms with Crippen LogP contribution in [0.4, 0.5) is 4.79 Å². The van der Waals surface area contributed by atoms with Crippen LogP contribution in [0.5, 0.6) is 0 Å². The lowest BCUT2D eigenvalue weighted by atomic mass is 9.99. The molecule has 0 saturated carbocycles. The Morgan fingerprint density at radius 2 is 2.21 bits per heavy atom. The van der Waals surface area contributed by atoms with Crippen molar-refractivity contribution in [1.29, 1.82) is 0 Å². The third-order valence-corrected chi connectivity index (χ3v) is 4.72. The van der Waals surface area contributed by atoms with Gasteiger partial charge in [0.1, 0.15) is 5.76 Å². The molecular formula is C15H12N4O4S. The van der Waals surface area contributed by atoms with Crippen LogP contribution in [0.2, 0.25) is 0 Å². The number of amides is 3. The highest BCUT2D eigenvalue weighted by atomic mass is 32.1. The van der Waals surface area contributed by atoms with Gasteiger partial charge in [-0.25, -0.2) is 9.78 Å². The molecule has 1 aliphatic rings. The fourth-order valence-electron chi connectivity index (χ4n) is 2.70. The molecule has 1 aliphatic heterocycles. The topological polar surface area (TPSA) is 96.9 Å². The molecule has 0 aromatic carbocycles. The van der Waals surface area contributed by atoms with Crippen molar-refractivity contribution in [3.63, 3.8) is 0 Å². The summed E-state index contributed by atoms with van der Waals surface area (Å²) < 4.78 is 6.68. The largest absolute Gasteiger partial charge is 0.466 e. The summed E-state index contributed by atoms with van der Waals surface area (Å²) >= 11 is 1.31. The van der Waals surface area contributed by atoms with E-state index in [2.05, 4.69) is 10.3 Å². The summed E-state index contributed by atoms with van der Waals surface area (Å²) in [6, 6.07) is 4.05. The highest BCUT2D eigenvalue weighted by Gasteiger charge is 2.51. The molecule has 1 atom stereocenters. The van der Waals surface area contributed by atoms with Crippen molar-refractivity contribution in [2.24, 2.45) is 0 Å². The van der Waals surface area contributed by atoms with E-state index >= 15 is 0 Å². The number of carbonyl (C=O) groups excluding carboxylic acids is 2. The van der Waals surface area contributed by atoms with Crippen molar-refractivity contribution in [2.75, 3.05) is 0 Å². The second kappa shape index (κ2) is 5.03. The quantitative estimate of drug-likeness (QED) is 0.723. The van der Waals surface area contributed by atoms with Crippen molar-refractivity contribution < 1.29 is 14.0 Å². The predicted molar refractivity (Wildman–Crippen MR) is 84.5 cm³/mol. The molecule has 0 bridgehead atoms. The zero-order chi connectivity index (χ0) is 16.9. The first-order chi connectivity index (χ1) is 11.5. The maximum Gasteiger partial charge on any atom is 0.325 e. The lowest BCUT2D eigenvalue weighted by molar-refractivity contribution is -0.132. The Hall–Kier alpha value is -2.94. The van der Waals surface area contributed by atoms with Crippen LogP contribution in [0.25, 0.3) is 4.96 Å². The van der Waals surface area contributed by atoms with Gasteiger partial charge in [-0.2, -0.15) is 0 Å². The zero-order valence-electron chi connectivity index (χ0n) is 12.6. The standard InChI is InChI=1S/C15H12N4O4S/c1-15(10-3-2-5-23-10)12(21)19(13(22)17-15)8-9-7-11(20)18-4-6-24-14(18)16-9/h2-7H,8H2,1H3,(H,17,22). The minimum atomic E-state index is -1.26. The molecule has 1 unspecified atom stereocenters. The normalized spacial score (nSPS) is 20.8. The van der Waals surface area contributed by atoms with Crippen molar-refractivity contribution in [3.8, 4) is 0 Å². The molecule has 24 heavy (non-hydrogen) atoms. The van der Waals surface area contributed by atoms with Crippen LogP contribution < -0.4 is 10.9 Å². The summed E-state index contributed by atoms with van der Waals surface area (Å²) in [7, 11) is 0. The van der Waals surface area contributed by atoms with Gasteiger partial charge in [-0.1, -0.05) is 0 Å². The number of furan rings is 1. The number of nitrogens with one attached hydrogen (secondary N) is 1. The van der Waals surface area contributed by atoms with Crippen LogP contribution in [0.3, 0.4) is 0 Å². The Balaban J connectivity index is 1.68. The molecule has 9 heteroatoms. The van der Waals surface area contributed by atoms with Gasteiger partial charge < -0.3 is 9.73 Å². The molecule has 3 amide bonds. The maximum absolute atomic E-state index is 12.7. The molecule has 0 spiro atoms. The molecule has 3 aromatic rings. The molecular weight excluding hydrogens is 332 g/mol. The first-order valence-corrected chi connectivity index (χ1v) is 8.01. The SMILES string of the molecule is CC1(c2ccco2)NC(=O)N(Cc2cc(=O)n3ccsc3n2)C1=O. The van der Waals surface area contributed by atoms with E-state index in [1.807, 2.05) is 0 Å². The fourth-order valence-corrected chi connectivity index (χ4v) is 3.44. The molecule has 3 aromatic heterocycles. The number of hydrogen-bond acceptors (Lipinski definition) is 6. The lowest BCUT2D eigenvalue weighted by Crippen LogP contribution is -2.40. The minimum Gasteiger partial charge on any atom is -0.466 e. The predicted octanol–water partition coefficient (Wildman–Crippen LogP) is 1.32. The number of thiazole rings is 1. The van der Waals surface area contributed by atoms with E-state index in [1.54, 1.807) is 30.6 Å². The monoisotopic (exact) mass is 344 g/mol. The van der Waals surface area contributed by atoms with Crippen molar-refractivity contribution >= 4 is 28.2 Å². The molecule has 8 nitrogen and oxygen atoms in total. The maximum atomic E-state index is 12.7. The molecule has 0 radical (unpaired) electrons. The average molecular weight is 344 g/mol. The molecule has 1 fully saturated rings. The molecule has 122 valence electrons. The van der Waals surface area contributed by atoms with Gasteiger partial charge in [0.05, 0.1) is 18.5 Å². The number of imide groups is 1. The van der Waals surface area contributed by atoms with E-state index in [-0.39, 0.29) is 12.1 Å². The second-order valence-electron chi connectivity index (χ2n) is 5.57. The average Bonchev–Trinajstić information content (AvgIpc) is 3.25. The van der Waals surface area contributed by atoms with Crippen molar-refractivity contribution in [3.05, 3.63) is 57.8 Å². The summed E-state index contributed by atoms with van der Waals surface area (Å²) in [5.41, 5.74) is -1.16. The van der Waals surface area contributed by atoms with Crippen LogP contribution in [0.15, 0.2) is 45.3 Å². The van der Waals surface area contributed by atoms with Crippen LogP contribution in [0, 0.1) is 0 Å². The number of urea groups is 1. The molecule has 0 aliphatic carbocycles. The number of carbonyl (C=O) groups is 2. The summed E-state index contributed by atoms with van der Waals surface area (Å²) in [5, 5.41) is 4.38. The smallest absolute Gasteiger partial charge is 0.325 e. The Labute approximate surface area is 139 Å². The van der Waals surface area contributed by atoms with Crippen molar-refractivity contribution in [1.82, 2.24) is 19.6 Å². The second-order valence-corrected chi connectivity index (χ2v) is 6.44. The number of hydrogen-bond donors (Lipinski definition) is 1. The van der Waals surface area contributed by atoms with E-state index in [4.69, 9.17) is 4.42 Å². The number of fused-ring (bicyclic) bond motifs is 1. The van der Waals surface area contributed by atoms with Gasteiger partial charge in [0, 0.05) is 17.6 Å².